The van der Waals surface area contributed by atoms with Crippen LogP contribution in [0.15, 0.2) is 48.8 Å². The van der Waals surface area contributed by atoms with Gasteiger partial charge in [0, 0.05) is 43.6 Å². The molecule has 3 aliphatic heterocycles. The molecule has 4 aliphatic rings. The van der Waals surface area contributed by atoms with Crippen molar-refractivity contribution in [3.05, 3.63) is 71.2 Å². The molecule has 2 N–H and O–H groups in total. The average Bonchev–Trinajstić information content (AvgIpc) is 3.59. The Balaban J connectivity index is 0.834. The lowest BCUT2D eigenvalue weighted by Crippen LogP contribution is -2.54. The van der Waals surface area contributed by atoms with Gasteiger partial charge in [-0.05, 0) is 99.6 Å². The Kier molecular flexibility index (Phi) is 8.18. The lowest BCUT2D eigenvalue weighted by Gasteiger charge is -2.35. The van der Waals surface area contributed by atoms with Crippen molar-refractivity contribution in [3.8, 4) is 11.3 Å². The summed E-state index contributed by atoms with van der Waals surface area (Å²) >= 11 is 0. The first kappa shape index (κ1) is 31.3. The van der Waals surface area contributed by atoms with Crippen LogP contribution in [0.4, 0.5) is 5.69 Å². The number of anilines is 1. The Morgan fingerprint density at radius 3 is 2.57 bits per heavy atom. The maximum Gasteiger partial charge on any atom is 0.262 e. The van der Waals surface area contributed by atoms with Crippen LogP contribution < -0.4 is 10.6 Å². The number of hydrogen-bond acceptors (Lipinski definition) is 9. The van der Waals surface area contributed by atoms with E-state index in [0.717, 1.165) is 96.9 Å². The van der Waals surface area contributed by atoms with Gasteiger partial charge in [0.2, 0.25) is 11.8 Å². The third kappa shape index (κ3) is 5.98. The SMILES string of the molecule is Cc1nn([C@H]2C[C@@H](CCCNc3ccc4c(c3)C(=O)N(C3CCC(=O)NC3=O)C4=O)C2)cc1-c1cnc2ccc(C3CCOCC3)cc2n1. The Morgan fingerprint density at radius 1 is 0.939 bits per heavy atom. The van der Waals surface area contributed by atoms with E-state index in [1.807, 2.05) is 13.1 Å². The van der Waals surface area contributed by atoms with E-state index in [4.69, 9.17) is 19.8 Å². The van der Waals surface area contributed by atoms with Crippen LogP contribution >= 0.6 is 0 Å². The van der Waals surface area contributed by atoms with E-state index in [0.29, 0.717) is 17.9 Å². The molecule has 49 heavy (non-hydrogen) atoms. The molecule has 1 unspecified atom stereocenters. The molecule has 0 radical (unpaired) electrons. The number of imide groups is 2. The fourth-order valence-corrected chi connectivity index (χ4v) is 7.72. The molecule has 3 fully saturated rings. The molecule has 2 aromatic carbocycles. The zero-order valence-electron chi connectivity index (χ0n) is 27.5. The van der Waals surface area contributed by atoms with E-state index in [-0.39, 0.29) is 29.9 Å². The summed E-state index contributed by atoms with van der Waals surface area (Å²) in [7, 11) is 0. The first-order chi connectivity index (χ1) is 23.8. The number of aromatic nitrogens is 4. The summed E-state index contributed by atoms with van der Waals surface area (Å²) in [4.78, 5) is 60.6. The zero-order chi connectivity index (χ0) is 33.6. The molecule has 1 saturated carbocycles. The van der Waals surface area contributed by atoms with Crippen LogP contribution in [-0.2, 0) is 14.3 Å². The number of aryl methyl sites for hydroxylation is 1. The summed E-state index contributed by atoms with van der Waals surface area (Å²) in [6.45, 7) is 4.39. The van der Waals surface area contributed by atoms with Crippen LogP contribution in [0.5, 0.6) is 0 Å². The Hall–Kier alpha value is -4.97. The van der Waals surface area contributed by atoms with Gasteiger partial charge in [0.15, 0.2) is 0 Å². The number of rotatable bonds is 9. The predicted octanol–water partition coefficient (Wildman–Crippen LogP) is 4.94. The van der Waals surface area contributed by atoms with Crippen molar-refractivity contribution in [2.24, 2.45) is 5.92 Å². The lowest BCUT2D eigenvalue weighted by atomic mass is 9.77. The smallest absolute Gasteiger partial charge is 0.262 e. The number of nitrogens with zero attached hydrogens (tertiary/aromatic N) is 5. The average molecular weight is 662 g/mol. The molecule has 8 rings (SSSR count). The Labute approximate surface area is 283 Å². The summed E-state index contributed by atoms with van der Waals surface area (Å²) in [6.07, 6.45) is 10.5. The monoisotopic (exact) mass is 661 g/mol. The number of nitrogens with one attached hydrogen (secondary N) is 2. The van der Waals surface area contributed by atoms with Gasteiger partial charge in [-0.1, -0.05) is 6.07 Å². The van der Waals surface area contributed by atoms with Gasteiger partial charge in [-0.3, -0.25) is 39.1 Å². The minimum absolute atomic E-state index is 0.0969. The Bertz CT molecular complexity index is 1980. The lowest BCUT2D eigenvalue weighted by molar-refractivity contribution is -0.136. The van der Waals surface area contributed by atoms with Crippen LogP contribution in [0.2, 0.25) is 0 Å². The van der Waals surface area contributed by atoms with Gasteiger partial charge in [0.05, 0.1) is 45.8 Å². The molecule has 0 spiro atoms. The zero-order valence-corrected chi connectivity index (χ0v) is 27.5. The van der Waals surface area contributed by atoms with Crippen molar-refractivity contribution < 1.29 is 23.9 Å². The van der Waals surface area contributed by atoms with Crippen molar-refractivity contribution in [1.82, 2.24) is 30.0 Å². The number of hydrogen-bond donors (Lipinski definition) is 2. The van der Waals surface area contributed by atoms with Crippen molar-refractivity contribution in [3.63, 3.8) is 0 Å². The van der Waals surface area contributed by atoms with Gasteiger partial charge in [-0.15, -0.1) is 0 Å². The van der Waals surface area contributed by atoms with Gasteiger partial charge in [-0.25, -0.2) is 4.98 Å². The largest absolute Gasteiger partial charge is 0.385 e. The number of amides is 4. The summed E-state index contributed by atoms with van der Waals surface area (Å²) < 4.78 is 7.65. The third-order valence-corrected chi connectivity index (χ3v) is 10.6. The molecule has 1 atom stereocenters. The van der Waals surface area contributed by atoms with Crippen molar-refractivity contribution >= 4 is 40.3 Å². The molecule has 2 saturated heterocycles. The van der Waals surface area contributed by atoms with Gasteiger partial charge in [-0.2, -0.15) is 5.10 Å². The van der Waals surface area contributed by atoms with Crippen molar-refractivity contribution in [2.75, 3.05) is 25.1 Å². The van der Waals surface area contributed by atoms with E-state index in [2.05, 4.69) is 39.7 Å². The van der Waals surface area contributed by atoms with E-state index < -0.39 is 23.8 Å². The fourth-order valence-electron chi connectivity index (χ4n) is 7.72. The van der Waals surface area contributed by atoms with Crippen LogP contribution in [0.1, 0.15) is 95.3 Å². The third-order valence-electron chi connectivity index (χ3n) is 10.6. The highest BCUT2D eigenvalue weighted by Crippen LogP contribution is 2.41. The minimum Gasteiger partial charge on any atom is -0.385 e. The number of carbonyl (C=O) groups excluding carboxylic acids is 4. The van der Waals surface area contributed by atoms with E-state index in [9.17, 15) is 19.2 Å². The normalized spacial score (nSPS) is 22.7. The fraction of sp³-hybridized carbons (Fsp3) is 0.432. The summed E-state index contributed by atoms with van der Waals surface area (Å²) in [6, 6.07) is 11.0. The molecule has 1 aliphatic carbocycles. The minimum atomic E-state index is -0.965. The van der Waals surface area contributed by atoms with Crippen LogP contribution in [0.25, 0.3) is 22.3 Å². The molecular formula is C37H39N7O5. The number of carbonyl (C=O) groups is 4. The number of fused-ring (bicyclic) bond motifs is 2. The van der Waals surface area contributed by atoms with Crippen LogP contribution in [-0.4, -0.2) is 74.1 Å². The second kappa shape index (κ2) is 12.8. The molecule has 5 heterocycles. The standard InChI is InChI=1S/C37H39N7O5/c1-21-29(32-19-39-30-7-4-24(17-31(30)40-32)23-10-13-49-14-11-23)20-43(42-21)26-15-22(16-26)3-2-12-38-25-5-6-27-28(18-25)37(48)44(36(27)47)33-8-9-34(45)41-35(33)46/h4-7,17-20,22-23,26,33,38H,2-3,8-16H2,1H3,(H,41,45,46)/t22-,26+,33?. The van der Waals surface area contributed by atoms with E-state index in [1.165, 1.54) is 5.56 Å². The van der Waals surface area contributed by atoms with Crippen LogP contribution in [0, 0.1) is 12.8 Å². The number of piperidine rings is 1. The maximum atomic E-state index is 13.1. The quantitative estimate of drug-likeness (QED) is 0.188. The Morgan fingerprint density at radius 2 is 1.76 bits per heavy atom. The summed E-state index contributed by atoms with van der Waals surface area (Å²) in [5, 5.41) is 10.5. The first-order valence-corrected chi connectivity index (χ1v) is 17.3. The molecule has 4 aromatic rings. The molecule has 12 nitrogen and oxygen atoms in total. The highest BCUT2D eigenvalue weighted by molar-refractivity contribution is 6.23. The van der Waals surface area contributed by atoms with Gasteiger partial charge < -0.3 is 10.1 Å². The number of benzene rings is 2. The van der Waals surface area contributed by atoms with Crippen LogP contribution in [0.3, 0.4) is 0 Å². The second-order valence-electron chi connectivity index (χ2n) is 13.8. The van der Waals surface area contributed by atoms with Gasteiger partial charge in [0.1, 0.15) is 6.04 Å². The first-order valence-electron chi connectivity index (χ1n) is 17.3. The second-order valence-corrected chi connectivity index (χ2v) is 13.8. The van der Waals surface area contributed by atoms with Crippen molar-refractivity contribution in [2.45, 2.75) is 76.3 Å². The predicted molar refractivity (Wildman–Crippen MR) is 181 cm³/mol. The molecular weight excluding hydrogens is 622 g/mol. The summed E-state index contributed by atoms with van der Waals surface area (Å²) in [5.41, 5.74) is 7.27. The molecule has 4 amide bonds. The number of ether oxygens (including phenoxy) is 1. The highest BCUT2D eigenvalue weighted by atomic mass is 16.5. The van der Waals surface area contributed by atoms with Crippen molar-refractivity contribution in [1.29, 1.82) is 0 Å². The van der Waals surface area contributed by atoms with E-state index >= 15 is 0 Å². The van der Waals surface area contributed by atoms with Gasteiger partial charge in [0.25, 0.3) is 11.8 Å². The molecule has 2 aromatic heterocycles. The summed E-state index contributed by atoms with van der Waals surface area (Å²) in [5.74, 6) is -0.867. The maximum absolute atomic E-state index is 13.1. The molecule has 252 valence electrons. The highest BCUT2D eigenvalue weighted by Gasteiger charge is 2.44. The van der Waals surface area contributed by atoms with Gasteiger partial charge >= 0.3 is 0 Å². The topological polar surface area (TPSA) is 148 Å². The van der Waals surface area contributed by atoms with E-state index in [1.54, 1.807) is 18.2 Å². The molecule has 12 heteroatoms. The molecule has 0 bridgehead atoms.